The highest BCUT2D eigenvalue weighted by Crippen LogP contribution is 2.29. The lowest BCUT2D eigenvalue weighted by atomic mass is 10.3. The third kappa shape index (κ3) is 2.23. The van der Waals surface area contributed by atoms with Gasteiger partial charge in [-0.15, -0.1) is 0 Å². The van der Waals surface area contributed by atoms with Crippen molar-refractivity contribution in [3.05, 3.63) is 64.5 Å². The highest BCUT2D eigenvalue weighted by molar-refractivity contribution is 9.10. The molecule has 0 radical (unpaired) electrons. The van der Waals surface area contributed by atoms with Crippen LogP contribution in [0.25, 0.3) is 16.6 Å². The number of fused-ring (bicyclic) bond motifs is 3. The van der Waals surface area contributed by atoms with Gasteiger partial charge in [-0.05, 0) is 46.3 Å². The molecule has 0 spiro atoms. The molecule has 0 atom stereocenters. The van der Waals surface area contributed by atoms with Crippen LogP contribution in [0.4, 0.5) is 11.5 Å². The van der Waals surface area contributed by atoms with Gasteiger partial charge >= 0.3 is 0 Å². The molecule has 0 saturated carbocycles. The molecule has 0 fully saturated rings. The lowest BCUT2D eigenvalue weighted by Crippen LogP contribution is -1.99. The first-order valence-electron chi connectivity index (χ1n) is 6.65. The van der Waals surface area contributed by atoms with Crippen molar-refractivity contribution >= 4 is 55.6 Å². The van der Waals surface area contributed by atoms with E-state index in [2.05, 4.69) is 26.2 Å². The number of halogens is 2. The maximum atomic E-state index is 6.09. The van der Waals surface area contributed by atoms with Crippen LogP contribution in [-0.4, -0.2) is 14.4 Å². The predicted molar refractivity (Wildman–Crippen MR) is 92.9 cm³/mol. The minimum absolute atomic E-state index is 0.659. The van der Waals surface area contributed by atoms with Crippen LogP contribution in [0.1, 0.15) is 0 Å². The fourth-order valence-corrected chi connectivity index (χ4v) is 2.96. The maximum Gasteiger partial charge on any atom is 0.157 e. The first-order valence-corrected chi connectivity index (χ1v) is 7.82. The number of aromatic nitrogens is 3. The van der Waals surface area contributed by atoms with E-state index in [1.165, 1.54) is 0 Å². The lowest BCUT2D eigenvalue weighted by molar-refractivity contribution is 1.19. The molecule has 0 aliphatic carbocycles. The maximum absolute atomic E-state index is 6.09. The number of imidazole rings is 1. The van der Waals surface area contributed by atoms with Gasteiger partial charge in [-0.2, -0.15) is 0 Å². The van der Waals surface area contributed by atoms with E-state index in [1.54, 1.807) is 12.5 Å². The van der Waals surface area contributed by atoms with Crippen LogP contribution in [0.3, 0.4) is 0 Å². The fraction of sp³-hybridized carbons (Fsp3) is 0. The van der Waals surface area contributed by atoms with Crippen molar-refractivity contribution < 1.29 is 0 Å². The highest BCUT2D eigenvalue weighted by Gasteiger charge is 2.10. The Morgan fingerprint density at radius 1 is 1.09 bits per heavy atom. The molecule has 2 aromatic heterocycles. The Morgan fingerprint density at radius 3 is 2.82 bits per heavy atom. The zero-order chi connectivity index (χ0) is 15.1. The average molecular weight is 374 g/mol. The zero-order valence-corrected chi connectivity index (χ0v) is 13.6. The minimum Gasteiger partial charge on any atom is -0.337 e. The first-order chi connectivity index (χ1) is 10.7. The summed E-state index contributed by atoms with van der Waals surface area (Å²) in [7, 11) is 0. The summed E-state index contributed by atoms with van der Waals surface area (Å²) in [5.74, 6) is 0.735. The van der Waals surface area contributed by atoms with E-state index >= 15 is 0 Å². The molecule has 2 aromatic carbocycles. The van der Waals surface area contributed by atoms with Gasteiger partial charge in [0.2, 0.25) is 0 Å². The second kappa shape index (κ2) is 5.26. The van der Waals surface area contributed by atoms with E-state index in [-0.39, 0.29) is 0 Å². The monoisotopic (exact) mass is 372 g/mol. The van der Waals surface area contributed by atoms with Crippen LogP contribution in [0, 0.1) is 0 Å². The van der Waals surface area contributed by atoms with E-state index in [1.807, 2.05) is 46.9 Å². The highest BCUT2D eigenvalue weighted by atomic mass is 79.9. The SMILES string of the molecule is Clc1ccc2c(c1)nc(Nc1ccccc1Br)c1cncn12. The van der Waals surface area contributed by atoms with Gasteiger partial charge in [0, 0.05) is 9.50 Å². The van der Waals surface area contributed by atoms with Crippen LogP contribution in [0.5, 0.6) is 0 Å². The number of para-hydroxylation sites is 1. The van der Waals surface area contributed by atoms with Gasteiger partial charge in [-0.25, -0.2) is 9.97 Å². The van der Waals surface area contributed by atoms with Crippen molar-refractivity contribution in [2.75, 3.05) is 5.32 Å². The molecule has 0 unspecified atom stereocenters. The normalized spacial score (nSPS) is 11.2. The molecule has 6 heteroatoms. The van der Waals surface area contributed by atoms with Gasteiger partial charge in [-0.3, -0.25) is 4.40 Å². The number of anilines is 2. The molecule has 0 saturated heterocycles. The smallest absolute Gasteiger partial charge is 0.157 e. The Kier molecular flexibility index (Phi) is 3.24. The molecular weight excluding hydrogens is 364 g/mol. The van der Waals surface area contributed by atoms with Gasteiger partial charge in [0.15, 0.2) is 5.82 Å². The van der Waals surface area contributed by atoms with Crippen molar-refractivity contribution in [1.82, 2.24) is 14.4 Å². The summed E-state index contributed by atoms with van der Waals surface area (Å²) < 4.78 is 2.97. The standard InChI is InChI=1S/C16H10BrClN4/c17-11-3-1-2-4-12(11)20-16-15-8-19-9-22(15)14-6-5-10(18)7-13(14)21-16/h1-9H,(H,20,21). The molecule has 4 nitrogen and oxygen atoms in total. The summed E-state index contributed by atoms with van der Waals surface area (Å²) in [5, 5.41) is 4.01. The van der Waals surface area contributed by atoms with Gasteiger partial charge in [-0.1, -0.05) is 23.7 Å². The molecule has 108 valence electrons. The molecule has 4 aromatic rings. The number of hydrogen-bond donors (Lipinski definition) is 1. The second-order valence-electron chi connectivity index (χ2n) is 4.85. The average Bonchev–Trinajstić information content (AvgIpc) is 2.99. The summed E-state index contributed by atoms with van der Waals surface area (Å²) in [6.45, 7) is 0. The van der Waals surface area contributed by atoms with E-state index < -0.39 is 0 Å². The molecule has 1 N–H and O–H groups in total. The van der Waals surface area contributed by atoms with Crippen molar-refractivity contribution in [1.29, 1.82) is 0 Å². The number of hydrogen-bond acceptors (Lipinski definition) is 3. The lowest BCUT2D eigenvalue weighted by Gasteiger charge is -2.11. The number of nitrogens with one attached hydrogen (secondary N) is 1. The number of rotatable bonds is 2. The Labute approximate surface area is 139 Å². The zero-order valence-electron chi connectivity index (χ0n) is 11.3. The van der Waals surface area contributed by atoms with Crippen LogP contribution in [0.2, 0.25) is 5.02 Å². The van der Waals surface area contributed by atoms with Crippen LogP contribution < -0.4 is 5.32 Å². The van der Waals surface area contributed by atoms with E-state index in [0.29, 0.717) is 5.02 Å². The quantitative estimate of drug-likeness (QED) is 0.535. The van der Waals surface area contributed by atoms with Gasteiger partial charge in [0.05, 0.1) is 29.2 Å². The van der Waals surface area contributed by atoms with Crippen molar-refractivity contribution in [3.8, 4) is 0 Å². The second-order valence-corrected chi connectivity index (χ2v) is 6.14. The molecule has 4 rings (SSSR count). The Balaban J connectivity index is 1.95. The van der Waals surface area contributed by atoms with Crippen molar-refractivity contribution in [3.63, 3.8) is 0 Å². The van der Waals surface area contributed by atoms with Gasteiger partial charge < -0.3 is 5.32 Å². The molecule has 0 aliphatic heterocycles. The Hall–Kier alpha value is -2.11. The third-order valence-electron chi connectivity index (χ3n) is 3.44. The van der Waals surface area contributed by atoms with Crippen molar-refractivity contribution in [2.45, 2.75) is 0 Å². The minimum atomic E-state index is 0.659. The summed E-state index contributed by atoms with van der Waals surface area (Å²) in [6.07, 6.45) is 3.57. The predicted octanol–water partition coefficient (Wildman–Crippen LogP) is 5.04. The first kappa shape index (κ1) is 13.5. The number of nitrogens with zero attached hydrogens (tertiary/aromatic N) is 3. The van der Waals surface area contributed by atoms with Crippen LogP contribution in [0.15, 0.2) is 59.5 Å². The molecule has 22 heavy (non-hydrogen) atoms. The van der Waals surface area contributed by atoms with Crippen molar-refractivity contribution in [2.24, 2.45) is 0 Å². The Bertz CT molecular complexity index is 996. The van der Waals surface area contributed by atoms with E-state index in [0.717, 1.165) is 32.5 Å². The topological polar surface area (TPSA) is 42.2 Å². The fourth-order valence-electron chi connectivity index (χ4n) is 2.41. The van der Waals surface area contributed by atoms with Crippen LogP contribution in [-0.2, 0) is 0 Å². The molecule has 0 bridgehead atoms. The van der Waals surface area contributed by atoms with Gasteiger partial charge in [0.25, 0.3) is 0 Å². The molecular formula is C16H10BrClN4. The summed E-state index contributed by atoms with van der Waals surface area (Å²) >= 11 is 9.62. The van der Waals surface area contributed by atoms with E-state index in [9.17, 15) is 0 Å². The van der Waals surface area contributed by atoms with E-state index in [4.69, 9.17) is 16.6 Å². The Morgan fingerprint density at radius 2 is 1.95 bits per heavy atom. The molecule has 0 amide bonds. The summed E-state index contributed by atoms with van der Waals surface area (Å²) in [6, 6.07) is 13.6. The summed E-state index contributed by atoms with van der Waals surface area (Å²) in [5.41, 5.74) is 3.63. The van der Waals surface area contributed by atoms with Crippen LogP contribution >= 0.6 is 27.5 Å². The summed E-state index contributed by atoms with van der Waals surface area (Å²) in [4.78, 5) is 8.93. The number of benzene rings is 2. The van der Waals surface area contributed by atoms with Gasteiger partial charge in [0.1, 0.15) is 5.52 Å². The molecule has 0 aliphatic rings. The molecule has 2 heterocycles. The third-order valence-corrected chi connectivity index (χ3v) is 4.36. The largest absolute Gasteiger partial charge is 0.337 e.